The summed E-state index contributed by atoms with van der Waals surface area (Å²) in [5.41, 5.74) is 1.98. The molecule has 2 aromatic carbocycles. The van der Waals surface area contributed by atoms with Crippen LogP contribution < -0.4 is 10.1 Å². The molecule has 0 aromatic heterocycles. The molecule has 2 saturated heterocycles. The van der Waals surface area contributed by atoms with Crippen LogP contribution in [0.1, 0.15) is 30.0 Å². The molecule has 2 fully saturated rings. The maximum atomic E-state index is 12.9. The second-order valence-corrected chi connectivity index (χ2v) is 10.7. The van der Waals surface area contributed by atoms with Crippen LogP contribution in [-0.2, 0) is 10.0 Å². The molecule has 4 rings (SSSR count). The fourth-order valence-electron chi connectivity index (χ4n) is 4.59. The zero-order valence-corrected chi connectivity index (χ0v) is 21.0. The van der Waals surface area contributed by atoms with E-state index in [2.05, 4.69) is 22.3 Å². The Morgan fingerprint density at radius 1 is 0.971 bits per heavy atom. The quantitative estimate of drug-likeness (QED) is 0.605. The highest BCUT2D eigenvalue weighted by atomic mass is 32.2. The molecule has 2 heterocycles. The van der Waals surface area contributed by atoms with Gasteiger partial charge >= 0.3 is 6.03 Å². The molecule has 1 N–H and O–H groups in total. The molecule has 0 radical (unpaired) electrons. The molecule has 2 amide bonds. The van der Waals surface area contributed by atoms with E-state index in [0.29, 0.717) is 19.6 Å². The number of hydrogen-bond donors (Lipinski definition) is 1. The Hall–Kier alpha value is -2.88. The zero-order valence-electron chi connectivity index (χ0n) is 20.2. The molecule has 9 heteroatoms. The average Bonchev–Trinajstić information content (AvgIpc) is 3.43. The number of benzene rings is 2. The second-order valence-electron chi connectivity index (χ2n) is 8.86. The highest BCUT2D eigenvalue weighted by molar-refractivity contribution is 7.92. The average molecular weight is 499 g/mol. The van der Waals surface area contributed by atoms with Gasteiger partial charge in [0.1, 0.15) is 5.75 Å². The van der Waals surface area contributed by atoms with Crippen molar-refractivity contribution in [2.24, 2.45) is 0 Å². The lowest BCUT2D eigenvalue weighted by Gasteiger charge is -2.34. The van der Waals surface area contributed by atoms with Crippen LogP contribution in [0.5, 0.6) is 5.75 Å². The van der Waals surface area contributed by atoms with Crippen molar-refractivity contribution in [1.29, 1.82) is 0 Å². The number of nitrogens with one attached hydrogen (secondary N) is 1. The third kappa shape index (κ3) is 6.62. The predicted molar refractivity (Wildman–Crippen MR) is 137 cm³/mol. The molecule has 2 aliphatic rings. The van der Waals surface area contributed by atoms with Crippen molar-refractivity contribution >= 4 is 22.1 Å². The van der Waals surface area contributed by atoms with Gasteiger partial charge in [0.25, 0.3) is 0 Å². The standard InChI is InChI=1S/C26H34N4O4S/c1-34-24-11-9-23(10-12-24)25(28-14-5-6-15-28)21-27-26(31)29-16-18-30(19-17-29)35(32,33)20-13-22-7-3-2-4-8-22/h2-4,7-13,20,25H,5-6,14-19,21H2,1H3,(H,27,31)/b20-13+. The molecule has 2 aliphatic heterocycles. The molecule has 1 atom stereocenters. The number of nitrogens with zero attached hydrogens (tertiary/aromatic N) is 3. The van der Waals surface area contributed by atoms with Crippen LogP contribution in [0.15, 0.2) is 60.0 Å². The highest BCUT2D eigenvalue weighted by Gasteiger charge is 2.29. The Balaban J connectivity index is 1.31. The molecule has 1 unspecified atom stereocenters. The largest absolute Gasteiger partial charge is 0.497 e. The van der Waals surface area contributed by atoms with Crippen molar-refractivity contribution in [2.45, 2.75) is 18.9 Å². The lowest BCUT2D eigenvalue weighted by atomic mass is 10.1. The zero-order chi connectivity index (χ0) is 24.7. The highest BCUT2D eigenvalue weighted by Crippen LogP contribution is 2.26. The second kappa shape index (κ2) is 11.7. The fraction of sp³-hybridized carbons (Fsp3) is 0.423. The molecular weight excluding hydrogens is 464 g/mol. The van der Waals surface area contributed by atoms with E-state index in [1.165, 1.54) is 9.71 Å². The van der Waals surface area contributed by atoms with E-state index in [1.54, 1.807) is 18.1 Å². The van der Waals surface area contributed by atoms with Crippen molar-refractivity contribution in [2.75, 3.05) is 52.9 Å². The minimum absolute atomic E-state index is 0.0946. The Bertz CT molecular complexity index is 1090. The van der Waals surface area contributed by atoms with Gasteiger partial charge in [0.2, 0.25) is 10.0 Å². The van der Waals surface area contributed by atoms with Gasteiger partial charge in [-0.25, -0.2) is 13.2 Å². The van der Waals surface area contributed by atoms with Gasteiger partial charge in [-0.2, -0.15) is 4.31 Å². The fourth-order valence-corrected chi connectivity index (χ4v) is 5.77. The molecule has 188 valence electrons. The topological polar surface area (TPSA) is 82.2 Å². The van der Waals surface area contributed by atoms with Crippen LogP contribution in [-0.4, -0.2) is 81.5 Å². The van der Waals surface area contributed by atoms with Gasteiger partial charge in [0.15, 0.2) is 0 Å². The van der Waals surface area contributed by atoms with Crippen LogP contribution in [0.25, 0.3) is 6.08 Å². The van der Waals surface area contributed by atoms with Gasteiger partial charge in [-0.3, -0.25) is 4.90 Å². The first kappa shape index (κ1) is 25.2. The summed E-state index contributed by atoms with van der Waals surface area (Å²) in [5, 5.41) is 4.33. The lowest BCUT2D eigenvalue weighted by Crippen LogP contribution is -2.53. The third-order valence-electron chi connectivity index (χ3n) is 6.65. The maximum Gasteiger partial charge on any atom is 0.317 e. The summed E-state index contributed by atoms with van der Waals surface area (Å²) in [4.78, 5) is 17.0. The molecule has 0 bridgehead atoms. The number of piperazine rings is 1. The Morgan fingerprint density at radius 3 is 2.26 bits per heavy atom. The van der Waals surface area contributed by atoms with Gasteiger partial charge in [0, 0.05) is 38.1 Å². The van der Waals surface area contributed by atoms with Crippen LogP contribution in [0.4, 0.5) is 4.79 Å². The summed E-state index contributed by atoms with van der Waals surface area (Å²) in [6.07, 6.45) is 3.93. The Labute approximate surface area is 208 Å². The first-order valence-corrected chi connectivity index (χ1v) is 13.6. The first-order chi connectivity index (χ1) is 17.0. The summed E-state index contributed by atoms with van der Waals surface area (Å²) >= 11 is 0. The SMILES string of the molecule is COc1ccc(C(CNC(=O)N2CCN(S(=O)(=O)/C=C/c3ccccc3)CC2)N2CCCC2)cc1. The van der Waals surface area contributed by atoms with Gasteiger partial charge in [0.05, 0.1) is 13.2 Å². The number of hydrogen-bond acceptors (Lipinski definition) is 5. The molecule has 0 saturated carbocycles. The number of ether oxygens (including phenoxy) is 1. The Morgan fingerprint density at radius 2 is 1.63 bits per heavy atom. The summed E-state index contributed by atoms with van der Waals surface area (Å²) in [7, 11) is -1.88. The number of sulfonamides is 1. The monoisotopic (exact) mass is 498 g/mol. The minimum atomic E-state index is -3.53. The third-order valence-corrected chi connectivity index (χ3v) is 8.21. The van der Waals surface area contributed by atoms with Gasteiger partial charge < -0.3 is 15.0 Å². The van der Waals surface area contributed by atoms with Gasteiger partial charge in [-0.05, 0) is 55.3 Å². The minimum Gasteiger partial charge on any atom is -0.497 e. The number of urea groups is 1. The van der Waals surface area contributed by atoms with Crippen molar-refractivity contribution in [3.63, 3.8) is 0 Å². The molecule has 0 aliphatic carbocycles. The number of rotatable bonds is 8. The van der Waals surface area contributed by atoms with E-state index in [9.17, 15) is 13.2 Å². The molecule has 35 heavy (non-hydrogen) atoms. The lowest BCUT2D eigenvalue weighted by molar-refractivity contribution is 0.166. The van der Waals surface area contributed by atoms with Gasteiger partial charge in [-0.1, -0.05) is 42.5 Å². The van der Waals surface area contributed by atoms with Crippen LogP contribution in [0.3, 0.4) is 0 Å². The van der Waals surface area contributed by atoms with Crippen molar-refractivity contribution in [3.8, 4) is 5.75 Å². The van der Waals surface area contributed by atoms with Gasteiger partial charge in [-0.15, -0.1) is 0 Å². The molecule has 2 aromatic rings. The molecule has 0 spiro atoms. The molecule has 8 nitrogen and oxygen atoms in total. The van der Waals surface area contributed by atoms with E-state index in [4.69, 9.17) is 4.74 Å². The van der Waals surface area contributed by atoms with Crippen molar-refractivity contribution in [3.05, 3.63) is 71.1 Å². The maximum absolute atomic E-state index is 12.9. The Kier molecular flexibility index (Phi) is 8.43. The van der Waals surface area contributed by atoms with E-state index in [0.717, 1.165) is 42.8 Å². The first-order valence-electron chi connectivity index (χ1n) is 12.1. The molecular formula is C26H34N4O4S. The van der Waals surface area contributed by atoms with E-state index < -0.39 is 10.0 Å². The van der Waals surface area contributed by atoms with Crippen LogP contribution in [0, 0.1) is 0 Å². The normalized spacial score (nSPS) is 18.6. The van der Waals surface area contributed by atoms with Crippen LogP contribution in [0.2, 0.25) is 0 Å². The summed E-state index contributed by atoms with van der Waals surface area (Å²) in [5.74, 6) is 0.810. The number of amides is 2. The smallest absolute Gasteiger partial charge is 0.317 e. The number of likely N-dealkylation sites (tertiary alicyclic amines) is 1. The van der Waals surface area contributed by atoms with E-state index >= 15 is 0 Å². The van der Waals surface area contributed by atoms with E-state index in [-0.39, 0.29) is 25.2 Å². The summed E-state index contributed by atoms with van der Waals surface area (Å²) < 4.78 is 32.1. The summed E-state index contributed by atoms with van der Waals surface area (Å²) in [6, 6.07) is 17.3. The predicted octanol–water partition coefficient (Wildman–Crippen LogP) is 3.16. The van der Waals surface area contributed by atoms with E-state index in [1.807, 2.05) is 42.5 Å². The van der Waals surface area contributed by atoms with Crippen molar-refractivity contribution < 1.29 is 17.9 Å². The summed E-state index contributed by atoms with van der Waals surface area (Å²) in [6.45, 7) is 3.82. The number of methoxy groups -OCH3 is 1. The number of carbonyl (C=O) groups excluding carboxylic acids is 1. The van der Waals surface area contributed by atoms with Crippen molar-refractivity contribution in [1.82, 2.24) is 19.4 Å². The number of carbonyl (C=O) groups is 1. The van der Waals surface area contributed by atoms with Crippen LogP contribution >= 0.6 is 0 Å².